The van der Waals surface area contributed by atoms with Crippen LogP contribution in [0.15, 0.2) is 39.8 Å². The first-order valence-electron chi connectivity index (χ1n) is 10.5. The van der Waals surface area contributed by atoms with Crippen molar-refractivity contribution in [1.82, 2.24) is 15.8 Å². The first-order chi connectivity index (χ1) is 14.2. The second-order valence-corrected chi connectivity index (χ2v) is 6.90. The summed E-state index contributed by atoms with van der Waals surface area (Å²) in [5, 5.41) is 14.1. The molecule has 29 heavy (non-hydrogen) atoms. The van der Waals surface area contributed by atoms with Gasteiger partial charge in [0.25, 0.3) is 0 Å². The molecule has 0 atom stereocenters. The SMILES string of the molecule is CCNC(=NCc1ccc(NCCOC)cc1)NCc1cc(C(CC)CC)no1. The van der Waals surface area contributed by atoms with Gasteiger partial charge in [-0.3, -0.25) is 0 Å². The summed E-state index contributed by atoms with van der Waals surface area (Å²) in [5.41, 5.74) is 3.27. The molecular weight excluding hydrogens is 366 g/mol. The number of hydrogen-bond donors (Lipinski definition) is 3. The second-order valence-electron chi connectivity index (χ2n) is 6.90. The van der Waals surface area contributed by atoms with E-state index >= 15 is 0 Å². The Hall–Kier alpha value is -2.54. The van der Waals surface area contributed by atoms with Crippen molar-refractivity contribution in [3.8, 4) is 0 Å². The molecule has 0 aliphatic rings. The molecule has 3 N–H and O–H groups in total. The van der Waals surface area contributed by atoms with Crippen molar-refractivity contribution in [2.75, 3.05) is 32.1 Å². The van der Waals surface area contributed by atoms with E-state index in [9.17, 15) is 0 Å². The Morgan fingerprint density at radius 3 is 2.55 bits per heavy atom. The van der Waals surface area contributed by atoms with Crippen LogP contribution in [0.2, 0.25) is 0 Å². The van der Waals surface area contributed by atoms with E-state index in [0.717, 1.165) is 54.6 Å². The molecule has 7 heteroatoms. The van der Waals surface area contributed by atoms with Crippen molar-refractivity contribution in [3.05, 3.63) is 47.3 Å². The van der Waals surface area contributed by atoms with Gasteiger partial charge in [-0.25, -0.2) is 4.99 Å². The fourth-order valence-electron chi connectivity index (χ4n) is 3.02. The Balaban J connectivity index is 1.89. The van der Waals surface area contributed by atoms with Gasteiger partial charge in [0.1, 0.15) is 0 Å². The standard InChI is InChI=1S/C22H35N5O2/c1-5-18(6-2)21-14-20(29-27-21)16-26-22(23-7-3)25-15-17-8-10-19(11-9-17)24-12-13-28-4/h8-11,14,18,24H,5-7,12-13,15-16H2,1-4H3,(H2,23,25,26). The summed E-state index contributed by atoms with van der Waals surface area (Å²) in [6, 6.07) is 10.3. The van der Waals surface area contributed by atoms with Crippen molar-refractivity contribution >= 4 is 11.6 Å². The molecule has 0 saturated heterocycles. The van der Waals surface area contributed by atoms with Crippen LogP contribution in [0.25, 0.3) is 0 Å². The third-order valence-corrected chi connectivity index (χ3v) is 4.76. The molecule has 0 fully saturated rings. The number of hydrogen-bond acceptors (Lipinski definition) is 5. The highest BCUT2D eigenvalue weighted by Gasteiger charge is 2.13. The minimum Gasteiger partial charge on any atom is -0.383 e. The Bertz CT molecular complexity index is 723. The van der Waals surface area contributed by atoms with Crippen LogP contribution in [0.4, 0.5) is 5.69 Å². The van der Waals surface area contributed by atoms with Crippen molar-refractivity contribution < 1.29 is 9.26 Å². The van der Waals surface area contributed by atoms with Crippen LogP contribution in [0.5, 0.6) is 0 Å². The van der Waals surface area contributed by atoms with Gasteiger partial charge in [0.2, 0.25) is 0 Å². The maximum Gasteiger partial charge on any atom is 0.191 e. The van der Waals surface area contributed by atoms with Crippen molar-refractivity contribution in [1.29, 1.82) is 0 Å². The van der Waals surface area contributed by atoms with E-state index in [2.05, 4.69) is 71.1 Å². The molecule has 0 radical (unpaired) electrons. The highest BCUT2D eigenvalue weighted by Crippen LogP contribution is 2.22. The van der Waals surface area contributed by atoms with E-state index in [1.165, 1.54) is 0 Å². The molecule has 1 aromatic carbocycles. The van der Waals surface area contributed by atoms with Gasteiger partial charge in [-0.2, -0.15) is 0 Å². The molecule has 0 saturated carbocycles. The smallest absolute Gasteiger partial charge is 0.191 e. The quantitative estimate of drug-likeness (QED) is 0.284. The molecule has 0 amide bonds. The van der Waals surface area contributed by atoms with E-state index in [1.807, 2.05) is 6.07 Å². The summed E-state index contributed by atoms with van der Waals surface area (Å²) in [6.45, 7) is 9.85. The molecule has 0 unspecified atom stereocenters. The molecule has 2 rings (SSSR count). The molecule has 0 aliphatic carbocycles. The summed E-state index contributed by atoms with van der Waals surface area (Å²) in [6.07, 6.45) is 2.14. The summed E-state index contributed by atoms with van der Waals surface area (Å²) in [7, 11) is 1.70. The molecule has 1 aromatic heterocycles. The number of aromatic nitrogens is 1. The van der Waals surface area contributed by atoms with Crippen LogP contribution in [-0.4, -0.2) is 37.9 Å². The van der Waals surface area contributed by atoms with Gasteiger partial charge in [-0.1, -0.05) is 31.1 Å². The number of ether oxygens (including phenoxy) is 1. The maximum atomic E-state index is 5.48. The fourth-order valence-corrected chi connectivity index (χ4v) is 3.02. The average Bonchev–Trinajstić information content (AvgIpc) is 3.21. The third kappa shape index (κ3) is 7.77. The number of aliphatic imine (C=N–C) groups is 1. The first kappa shape index (κ1) is 22.7. The molecule has 7 nitrogen and oxygen atoms in total. The number of benzene rings is 1. The highest BCUT2D eigenvalue weighted by molar-refractivity contribution is 5.79. The van der Waals surface area contributed by atoms with Gasteiger partial charge >= 0.3 is 0 Å². The predicted molar refractivity (Wildman–Crippen MR) is 118 cm³/mol. The van der Waals surface area contributed by atoms with E-state index in [4.69, 9.17) is 9.26 Å². The lowest BCUT2D eigenvalue weighted by molar-refractivity contribution is 0.211. The van der Waals surface area contributed by atoms with E-state index in [1.54, 1.807) is 7.11 Å². The van der Waals surface area contributed by atoms with E-state index in [-0.39, 0.29) is 0 Å². The van der Waals surface area contributed by atoms with Crippen molar-refractivity contribution in [3.63, 3.8) is 0 Å². The number of nitrogens with zero attached hydrogens (tertiary/aromatic N) is 2. The van der Waals surface area contributed by atoms with Crippen LogP contribution < -0.4 is 16.0 Å². The Kier molecular flexibility index (Phi) is 10.1. The van der Waals surface area contributed by atoms with E-state index < -0.39 is 0 Å². The average molecular weight is 402 g/mol. The Morgan fingerprint density at radius 2 is 1.90 bits per heavy atom. The van der Waals surface area contributed by atoms with Gasteiger partial charge in [0.15, 0.2) is 11.7 Å². The molecule has 1 heterocycles. The lowest BCUT2D eigenvalue weighted by atomic mass is 9.99. The monoisotopic (exact) mass is 401 g/mol. The van der Waals surface area contributed by atoms with Crippen LogP contribution in [0.1, 0.15) is 56.5 Å². The van der Waals surface area contributed by atoms with Crippen LogP contribution in [0.3, 0.4) is 0 Å². The zero-order chi connectivity index (χ0) is 20.9. The normalized spacial score (nSPS) is 11.7. The maximum absolute atomic E-state index is 5.48. The van der Waals surface area contributed by atoms with Crippen LogP contribution in [0, 0.1) is 0 Å². The molecule has 160 valence electrons. The summed E-state index contributed by atoms with van der Waals surface area (Å²) < 4.78 is 10.5. The fraction of sp³-hybridized carbons (Fsp3) is 0.545. The number of nitrogens with one attached hydrogen (secondary N) is 3. The lowest BCUT2D eigenvalue weighted by Crippen LogP contribution is -2.36. The number of guanidine groups is 1. The summed E-state index contributed by atoms with van der Waals surface area (Å²) in [5.74, 6) is 2.04. The van der Waals surface area contributed by atoms with Crippen LogP contribution >= 0.6 is 0 Å². The number of anilines is 1. The molecule has 0 spiro atoms. The zero-order valence-electron chi connectivity index (χ0n) is 18.1. The lowest BCUT2D eigenvalue weighted by Gasteiger charge is -2.10. The van der Waals surface area contributed by atoms with Gasteiger partial charge in [-0.05, 0) is 37.5 Å². The summed E-state index contributed by atoms with van der Waals surface area (Å²) >= 11 is 0. The zero-order valence-corrected chi connectivity index (χ0v) is 18.1. The van der Waals surface area contributed by atoms with Crippen LogP contribution in [-0.2, 0) is 17.8 Å². The van der Waals surface area contributed by atoms with Gasteiger partial charge in [-0.15, -0.1) is 0 Å². The van der Waals surface area contributed by atoms with Gasteiger partial charge in [0.05, 0.1) is 25.4 Å². The minimum absolute atomic E-state index is 0.460. The largest absolute Gasteiger partial charge is 0.383 e. The number of methoxy groups -OCH3 is 1. The Labute approximate surface area is 174 Å². The second kappa shape index (κ2) is 12.8. The first-order valence-corrected chi connectivity index (χ1v) is 10.5. The molecule has 0 bridgehead atoms. The number of rotatable bonds is 12. The molecular formula is C22H35N5O2. The molecule has 2 aromatic rings. The topological polar surface area (TPSA) is 83.7 Å². The Morgan fingerprint density at radius 1 is 1.14 bits per heavy atom. The third-order valence-electron chi connectivity index (χ3n) is 4.76. The highest BCUT2D eigenvalue weighted by atomic mass is 16.5. The van der Waals surface area contributed by atoms with Gasteiger partial charge < -0.3 is 25.2 Å². The molecule has 0 aliphatic heterocycles. The van der Waals surface area contributed by atoms with Crippen molar-refractivity contribution in [2.45, 2.75) is 52.6 Å². The van der Waals surface area contributed by atoms with E-state index in [0.29, 0.717) is 25.6 Å². The van der Waals surface area contributed by atoms with Crippen molar-refractivity contribution in [2.24, 2.45) is 4.99 Å². The summed E-state index contributed by atoms with van der Waals surface area (Å²) in [4.78, 5) is 4.67. The predicted octanol–water partition coefficient (Wildman–Crippen LogP) is 3.89. The van der Waals surface area contributed by atoms with Gasteiger partial charge in [0, 0.05) is 37.9 Å². The minimum atomic E-state index is 0.460.